The zero-order chi connectivity index (χ0) is 11.8. The van der Waals surface area contributed by atoms with Crippen molar-refractivity contribution >= 4 is 10.9 Å². The summed E-state index contributed by atoms with van der Waals surface area (Å²) in [5.74, 6) is 6.47. The molecule has 1 aromatic heterocycles. The second-order valence-electron chi connectivity index (χ2n) is 5.10. The van der Waals surface area contributed by atoms with Crippen molar-refractivity contribution in [3.05, 3.63) is 35.5 Å². The van der Waals surface area contributed by atoms with Crippen molar-refractivity contribution < 1.29 is 0 Å². The standard InChI is InChI=1S/C14H19N3/c1-10-2-3-12-13(9-16-14(12)8-10)11-4-6-17(15)7-5-11/h2-3,8-9,11,16H,4-7,15H2,1H3. The molecule has 0 radical (unpaired) electrons. The lowest BCUT2D eigenvalue weighted by molar-refractivity contribution is 0.218. The van der Waals surface area contributed by atoms with Crippen LogP contribution in [-0.4, -0.2) is 23.1 Å². The highest BCUT2D eigenvalue weighted by Gasteiger charge is 2.21. The van der Waals surface area contributed by atoms with Gasteiger partial charge in [-0.3, -0.25) is 5.84 Å². The van der Waals surface area contributed by atoms with Crippen LogP contribution in [0.5, 0.6) is 0 Å². The molecule has 1 aliphatic heterocycles. The first-order valence-electron chi connectivity index (χ1n) is 6.31. The lowest BCUT2D eigenvalue weighted by atomic mass is 9.89. The van der Waals surface area contributed by atoms with Crippen LogP contribution in [0.4, 0.5) is 0 Å². The number of aromatic amines is 1. The van der Waals surface area contributed by atoms with Crippen LogP contribution < -0.4 is 5.84 Å². The summed E-state index contributed by atoms with van der Waals surface area (Å²) in [4.78, 5) is 3.39. The molecule has 0 aliphatic carbocycles. The van der Waals surface area contributed by atoms with E-state index >= 15 is 0 Å². The number of hydrogen-bond acceptors (Lipinski definition) is 2. The smallest absolute Gasteiger partial charge is 0.0459 e. The van der Waals surface area contributed by atoms with Crippen LogP contribution in [0.2, 0.25) is 0 Å². The van der Waals surface area contributed by atoms with Crippen LogP contribution in [0.25, 0.3) is 10.9 Å². The van der Waals surface area contributed by atoms with E-state index in [-0.39, 0.29) is 0 Å². The van der Waals surface area contributed by atoms with Gasteiger partial charge in [0.1, 0.15) is 0 Å². The van der Waals surface area contributed by atoms with Gasteiger partial charge in [0.2, 0.25) is 0 Å². The number of nitrogens with one attached hydrogen (secondary N) is 1. The Kier molecular flexibility index (Phi) is 2.65. The number of nitrogens with zero attached hydrogens (tertiary/aromatic N) is 1. The minimum atomic E-state index is 0.659. The molecule has 2 heterocycles. The molecule has 0 unspecified atom stereocenters. The number of aryl methyl sites for hydroxylation is 1. The topological polar surface area (TPSA) is 45.0 Å². The van der Waals surface area contributed by atoms with Crippen molar-refractivity contribution in [3.63, 3.8) is 0 Å². The molecule has 1 saturated heterocycles. The van der Waals surface area contributed by atoms with Crippen molar-refractivity contribution in [2.75, 3.05) is 13.1 Å². The van der Waals surface area contributed by atoms with Crippen LogP contribution >= 0.6 is 0 Å². The Morgan fingerprint density at radius 3 is 2.82 bits per heavy atom. The summed E-state index contributed by atoms with van der Waals surface area (Å²) >= 11 is 0. The number of hydrogen-bond donors (Lipinski definition) is 2. The second kappa shape index (κ2) is 4.17. The van der Waals surface area contributed by atoms with Crippen LogP contribution in [0, 0.1) is 6.92 Å². The summed E-state index contributed by atoms with van der Waals surface area (Å²) in [6.07, 6.45) is 4.51. The quantitative estimate of drug-likeness (QED) is 0.738. The Labute approximate surface area is 102 Å². The van der Waals surface area contributed by atoms with Crippen molar-refractivity contribution in [1.82, 2.24) is 9.99 Å². The van der Waals surface area contributed by atoms with E-state index in [9.17, 15) is 0 Å². The molecule has 0 spiro atoms. The highest BCUT2D eigenvalue weighted by Crippen LogP contribution is 2.32. The minimum Gasteiger partial charge on any atom is -0.361 e. The van der Waals surface area contributed by atoms with Crippen LogP contribution in [0.1, 0.15) is 29.9 Å². The van der Waals surface area contributed by atoms with Gasteiger partial charge in [-0.05, 0) is 42.9 Å². The summed E-state index contributed by atoms with van der Waals surface area (Å²) in [5.41, 5.74) is 4.03. The van der Waals surface area contributed by atoms with Crippen LogP contribution in [0.3, 0.4) is 0 Å². The van der Waals surface area contributed by atoms with Crippen molar-refractivity contribution in [2.45, 2.75) is 25.7 Å². The van der Waals surface area contributed by atoms with Gasteiger partial charge in [0, 0.05) is 30.2 Å². The fourth-order valence-corrected chi connectivity index (χ4v) is 2.81. The molecule has 3 N–H and O–H groups in total. The van der Waals surface area contributed by atoms with E-state index in [1.807, 2.05) is 5.01 Å². The lowest BCUT2D eigenvalue weighted by Gasteiger charge is -2.28. The summed E-state index contributed by atoms with van der Waals surface area (Å²) in [6, 6.07) is 6.65. The highest BCUT2D eigenvalue weighted by molar-refractivity contribution is 5.84. The molecule has 3 nitrogen and oxygen atoms in total. The van der Waals surface area contributed by atoms with Crippen LogP contribution in [-0.2, 0) is 0 Å². The number of piperidine rings is 1. The van der Waals surface area contributed by atoms with E-state index in [2.05, 4.69) is 36.3 Å². The first-order chi connectivity index (χ1) is 8.24. The normalized spacial score (nSPS) is 18.9. The van der Waals surface area contributed by atoms with E-state index in [0.29, 0.717) is 5.92 Å². The molecule has 1 aliphatic rings. The summed E-state index contributed by atoms with van der Waals surface area (Å²) in [6.45, 7) is 4.14. The van der Waals surface area contributed by atoms with Gasteiger partial charge >= 0.3 is 0 Å². The Balaban J connectivity index is 1.95. The van der Waals surface area contributed by atoms with E-state index in [1.165, 1.54) is 22.0 Å². The largest absolute Gasteiger partial charge is 0.361 e. The zero-order valence-electron chi connectivity index (χ0n) is 10.2. The Bertz CT molecular complexity index is 521. The van der Waals surface area contributed by atoms with E-state index in [4.69, 9.17) is 5.84 Å². The number of nitrogens with two attached hydrogens (primary N) is 1. The number of fused-ring (bicyclic) bond motifs is 1. The Morgan fingerprint density at radius 1 is 1.29 bits per heavy atom. The van der Waals surface area contributed by atoms with Crippen molar-refractivity contribution in [3.8, 4) is 0 Å². The van der Waals surface area contributed by atoms with Crippen molar-refractivity contribution in [1.29, 1.82) is 0 Å². The van der Waals surface area contributed by atoms with Crippen LogP contribution in [0.15, 0.2) is 24.4 Å². The zero-order valence-corrected chi connectivity index (χ0v) is 10.2. The number of hydrazine groups is 1. The van der Waals surface area contributed by atoms with Gasteiger partial charge in [0.25, 0.3) is 0 Å². The van der Waals surface area contributed by atoms with Gasteiger partial charge in [-0.2, -0.15) is 0 Å². The summed E-state index contributed by atoms with van der Waals surface area (Å²) in [7, 11) is 0. The van der Waals surface area contributed by atoms with E-state index < -0.39 is 0 Å². The predicted octanol–water partition coefficient (Wildman–Crippen LogP) is 2.53. The monoisotopic (exact) mass is 229 g/mol. The fourth-order valence-electron chi connectivity index (χ4n) is 2.81. The maximum Gasteiger partial charge on any atom is 0.0459 e. The minimum absolute atomic E-state index is 0.659. The molecule has 1 fully saturated rings. The molecule has 2 aromatic rings. The molecular weight excluding hydrogens is 210 g/mol. The SMILES string of the molecule is Cc1ccc2c(C3CCN(N)CC3)c[nH]c2c1. The Hall–Kier alpha value is -1.32. The lowest BCUT2D eigenvalue weighted by Crippen LogP contribution is -2.38. The number of rotatable bonds is 1. The molecule has 0 atom stereocenters. The predicted molar refractivity (Wildman–Crippen MR) is 70.8 cm³/mol. The molecule has 3 rings (SSSR count). The van der Waals surface area contributed by atoms with Crippen molar-refractivity contribution in [2.24, 2.45) is 5.84 Å². The van der Waals surface area contributed by atoms with Gasteiger partial charge in [0.05, 0.1) is 0 Å². The number of benzene rings is 1. The molecule has 17 heavy (non-hydrogen) atoms. The highest BCUT2D eigenvalue weighted by atomic mass is 15.4. The molecular formula is C14H19N3. The van der Waals surface area contributed by atoms with Gasteiger partial charge in [-0.1, -0.05) is 12.1 Å². The second-order valence-corrected chi connectivity index (χ2v) is 5.10. The fraction of sp³-hybridized carbons (Fsp3) is 0.429. The third-order valence-electron chi connectivity index (χ3n) is 3.84. The Morgan fingerprint density at radius 2 is 2.06 bits per heavy atom. The van der Waals surface area contributed by atoms with E-state index in [0.717, 1.165) is 25.9 Å². The van der Waals surface area contributed by atoms with Gasteiger partial charge in [-0.25, -0.2) is 5.01 Å². The first kappa shape index (κ1) is 10.8. The maximum atomic E-state index is 5.81. The summed E-state index contributed by atoms with van der Waals surface area (Å²) < 4.78 is 0. The maximum absolute atomic E-state index is 5.81. The average Bonchev–Trinajstić information content (AvgIpc) is 2.73. The van der Waals surface area contributed by atoms with Gasteiger partial charge < -0.3 is 4.98 Å². The molecule has 0 amide bonds. The number of H-pyrrole nitrogens is 1. The molecule has 90 valence electrons. The van der Waals surface area contributed by atoms with Gasteiger partial charge in [-0.15, -0.1) is 0 Å². The average molecular weight is 229 g/mol. The van der Waals surface area contributed by atoms with E-state index in [1.54, 1.807) is 0 Å². The third-order valence-corrected chi connectivity index (χ3v) is 3.84. The molecule has 0 bridgehead atoms. The molecule has 1 aromatic carbocycles. The number of aromatic nitrogens is 1. The van der Waals surface area contributed by atoms with Gasteiger partial charge in [0.15, 0.2) is 0 Å². The first-order valence-corrected chi connectivity index (χ1v) is 6.31. The third kappa shape index (κ3) is 1.96. The molecule has 3 heteroatoms. The molecule has 0 saturated carbocycles. The summed E-state index contributed by atoms with van der Waals surface area (Å²) in [5, 5.41) is 3.31.